The van der Waals surface area contributed by atoms with E-state index >= 15 is 0 Å². The zero-order chi connectivity index (χ0) is 16.6. The first-order valence-electron chi connectivity index (χ1n) is 7.64. The maximum absolute atomic E-state index is 3.36. The van der Waals surface area contributed by atoms with E-state index in [9.17, 15) is 0 Å². The van der Waals surface area contributed by atoms with E-state index < -0.39 is 15.0 Å². The van der Waals surface area contributed by atoms with Gasteiger partial charge in [-0.05, 0) is 0 Å². The molecule has 2 heteroatoms. The zero-order valence-electron chi connectivity index (χ0n) is 14.6. The molecular weight excluding hydrogens is 378 g/mol. The molecule has 2 rings (SSSR count). The van der Waals surface area contributed by atoms with Crippen molar-refractivity contribution >= 4 is 11.5 Å². The average molecular weight is 407 g/mol. The fourth-order valence-electron chi connectivity index (χ4n) is 2.73. The molecule has 0 amide bonds. The topological polar surface area (TPSA) is 0 Å². The van der Waals surface area contributed by atoms with E-state index in [-0.39, 0.29) is 7.78 Å². The molecule has 0 aliphatic heterocycles. The van der Waals surface area contributed by atoms with Crippen LogP contribution in [-0.2, 0) is 15.0 Å². The van der Waals surface area contributed by atoms with Gasteiger partial charge in [0, 0.05) is 0 Å². The van der Waals surface area contributed by atoms with Crippen molar-refractivity contribution in [1.29, 1.82) is 0 Å². The Morgan fingerprint density at radius 3 is 1.64 bits per heavy atom. The van der Waals surface area contributed by atoms with Crippen molar-refractivity contribution < 1.29 is 15.0 Å². The summed E-state index contributed by atoms with van der Waals surface area (Å²) in [6.07, 6.45) is 0. The van der Waals surface area contributed by atoms with Crippen molar-refractivity contribution in [3.63, 3.8) is 0 Å². The summed E-state index contributed by atoms with van der Waals surface area (Å²) in [7, 11) is 3.36. The Morgan fingerprint density at radius 1 is 0.682 bits per heavy atom. The van der Waals surface area contributed by atoms with Crippen LogP contribution in [-0.4, -0.2) is 0 Å². The Kier molecular flexibility index (Phi) is 5.04. The Bertz CT molecular complexity index is 619. The molecule has 0 saturated carbocycles. The molecule has 2 aromatic rings. The van der Waals surface area contributed by atoms with Gasteiger partial charge in [0.15, 0.2) is 0 Å². The molecule has 0 N–H and O–H groups in total. The Morgan fingerprint density at radius 2 is 1.14 bits per heavy atom. The van der Waals surface area contributed by atoms with Crippen LogP contribution in [0.3, 0.4) is 0 Å². The third kappa shape index (κ3) is 3.10. The van der Waals surface area contributed by atoms with Gasteiger partial charge in [-0.1, -0.05) is 0 Å². The van der Waals surface area contributed by atoms with Gasteiger partial charge in [-0.3, -0.25) is 0 Å². The van der Waals surface area contributed by atoms with Gasteiger partial charge >= 0.3 is 142 Å². The average Bonchev–Trinajstić information content (AvgIpc) is 2.45. The summed E-state index contributed by atoms with van der Waals surface area (Å²) < 4.78 is 2.11. The first-order chi connectivity index (χ1) is 10.1. The van der Waals surface area contributed by atoms with E-state index in [0.717, 1.165) is 0 Å². The SMILES string of the molecule is C[C](C)(C)[Pd]([PH2])([c]1ccccc1-c1ccccc1)[C](C)(C)C. The quantitative estimate of drug-likeness (QED) is 0.402. The van der Waals surface area contributed by atoms with E-state index in [1.165, 1.54) is 11.1 Å². The van der Waals surface area contributed by atoms with Crippen LogP contribution >= 0.6 is 7.43 Å². The van der Waals surface area contributed by atoms with Gasteiger partial charge in [-0.2, -0.15) is 0 Å². The second-order valence-corrected chi connectivity index (χ2v) is 18.5. The third-order valence-electron chi connectivity index (χ3n) is 3.70. The molecule has 0 heterocycles. The van der Waals surface area contributed by atoms with Gasteiger partial charge in [-0.15, -0.1) is 0 Å². The van der Waals surface area contributed by atoms with E-state index in [4.69, 9.17) is 0 Å². The van der Waals surface area contributed by atoms with Crippen molar-refractivity contribution in [3.8, 4) is 11.1 Å². The van der Waals surface area contributed by atoms with Crippen molar-refractivity contribution in [2.75, 3.05) is 0 Å². The predicted octanol–water partition coefficient (Wildman–Crippen LogP) is 6.36. The standard InChI is InChI=1S/C12H9.2C4H9.H2P.Pd/c1-3-7-11(8-4-1)12-9-5-2-6-10-12;2*1-4(2)3;;/h1-9H;2*1-3H3;1H2;/q;;;-1;+1. The molecule has 0 bridgehead atoms. The molecule has 0 radical (unpaired) electrons. The Hall–Kier alpha value is -0.468. The fourth-order valence-corrected chi connectivity index (χ4v) is 11.3. The van der Waals surface area contributed by atoms with Crippen molar-refractivity contribution in [1.82, 2.24) is 0 Å². The van der Waals surface area contributed by atoms with Crippen LogP contribution in [0.5, 0.6) is 0 Å². The number of hydrogen-bond donors (Lipinski definition) is 0. The molecule has 124 valence electrons. The number of benzene rings is 2. The summed E-state index contributed by atoms with van der Waals surface area (Å²) in [6, 6.07) is 19.8. The number of rotatable bonds is 2. The minimum absolute atomic E-state index is 0.276. The Labute approximate surface area is 141 Å². The molecular formula is C20H29PPd. The molecule has 0 nitrogen and oxygen atoms in total. The van der Waals surface area contributed by atoms with Crippen LogP contribution < -0.4 is 4.04 Å². The van der Waals surface area contributed by atoms with E-state index in [2.05, 4.69) is 104 Å². The molecule has 0 fully saturated rings. The first kappa shape index (κ1) is 17.9. The van der Waals surface area contributed by atoms with Gasteiger partial charge in [-0.25, -0.2) is 0 Å². The van der Waals surface area contributed by atoms with Crippen LogP contribution in [0.1, 0.15) is 41.5 Å². The van der Waals surface area contributed by atoms with E-state index in [0.29, 0.717) is 0 Å². The molecule has 0 aliphatic rings. The molecule has 0 aromatic heterocycles. The number of hydrogen-bond acceptors (Lipinski definition) is 0. The zero-order valence-corrected chi connectivity index (χ0v) is 17.3. The molecule has 0 aliphatic carbocycles. The van der Waals surface area contributed by atoms with Crippen LogP contribution in [0.15, 0.2) is 54.6 Å². The second-order valence-electron chi connectivity index (χ2n) is 7.27. The van der Waals surface area contributed by atoms with Gasteiger partial charge in [0.1, 0.15) is 0 Å². The van der Waals surface area contributed by atoms with Crippen molar-refractivity contribution in [3.05, 3.63) is 54.6 Å². The summed E-state index contributed by atoms with van der Waals surface area (Å²) in [5, 5.41) is 0. The van der Waals surface area contributed by atoms with Crippen LogP contribution in [0.4, 0.5) is 0 Å². The third-order valence-corrected chi connectivity index (χ3v) is 20.7. The van der Waals surface area contributed by atoms with Gasteiger partial charge in [0.2, 0.25) is 0 Å². The van der Waals surface area contributed by atoms with Gasteiger partial charge in [0.25, 0.3) is 0 Å². The summed E-state index contributed by atoms with van der Waals surface area (Å²) in [6.45, 7) is 14.4. The predicted molar refractivity (Wildman–Crippen MR) is 101 cm³/mol. The molecule has 1 atom stereocenters. The molecule has 1 unspecified atom stereocenters. The minimum atomic E-state index is -1.98. The summed E-state index contributed by atoms with van der Waals surface area (Å²) in [5.41, 5.74) is 2.73. The Balaban J connectivity index is 2.76. The molecule has 0 spiro atoms. The summed E-state index contributed by atoms with van der Waals surface area (Å²) in [5.74, 6) is 0. The normalized spacial score (nSPS) is 14.0. The molecule has 0 saturated heterocycles. The molecule has 22 heavy (non-hydrogen) atoms. The fraction of sp³-hybridized carbons (Fsp3) is 0.400. The maximum atomic E-state index is 3.36. The van der Waals surface area contributed by atoms with Crippen molar-refractivity contribution in [2.45, 2.75) is 49.3 Å². The van der Waals surface area contributed by atoms with E-state index in [1.54, 1.807) is 4.04 Å². The molecule has 2 aromatic carbocycles. The first-order valence-corrected chi connectivity index (χ1v) is 13.0. The van der Waals surface area contributed by atoms with Crippen LogP contribution in [0.2, 0.25) is 7.78 Å². The van der Waals surface area contributed by atoms with Gasteiger partial charge < -0.3 is 0 Å². The monoisotopic (exact) mass is 406 g/mol. The van der Waals surface area contributed by atoms with Gasteiger partial charge in [0.05, 0.1) is 0 Å². The summed E-state index contributed by atoms with van der Waals surface area (Å²) in [4.78, 5) is 0. The summed E-state index contributed by atoms with van der Waals surface area (Å²) >= 11 is -1.98. The van der Waals surface area contributed by atoms with Crippen LogP contribution in [0.25, 0.3) is 11.1 Å². The second kappa shape index (κ2) is 6.20. The van der Waals surface area contributed by atoms with E-state index in [1.807, 2.05) is 0 Å². The van der Waals surface area contributed by atoms with Crippen molar-refractivity contribution in [2.24, 2.45) is 0 Å². The van der Waals surface area contributed by atoms with Crippen LogP contribution in [0, 0.1) is 0 Å².